The van der Waals surface area contributed by atoms with Gasteiger partial charge in [0.2, 0.25) is 0 Å². The predicted octanol–water partition coefficient (Wildman–Crippen LogP) is 1.12. The molecule has 1 aromatic rings. The van der Waals surface area contributed by atoms with Crippen molar-refractivity contribution < 1.29 is 0 Å². The molecule has 1 fully saturated rings. The van der Waals surface area contributed by atoms with Crippen molar-refractivity contribution in [2.45, 2.75) is 6.42 Å². The van der Waals surface area contributed by atoms with Crippen molar-refractivity contribution >= 4 is 5.82 Å². The van der Waals surface area contributed by atoms with Crippen LogP contribution in [-0.4, -0.2) is 42.6 Å². The normalized spacial score (nSPS) is 17.1. The van der Waals surface area contributed by atoms with E-state index in [1.807, 2.05) is 24.4 Å². The summed E-state index contributed by atoms with van der Waals surface area (Å²) in [5.41, 5.74) is 0. The summed E-state index contributed by atoms with van der Waals surface area (Å²) < 4.78 is 0. The number of nitrogens with zero attached hydrogens (tertiary/aromatic N) is 4. The van der Waals surface area contributed by atoms with Crippen LogP contribution in [0.3, 0.4) is 0 Å². The van der Waals surface area contributed by atoms with Crippen molar-refractivity contribution in [1.82, 2.24) is 9.88 Å². The Morgan fingerprint density at radius 3 is 2.69 bits per heavy atom. The van der Waals surface area contributed by atoms with E-state index in [0.717, 1.165) is 38.5 Å². The highest BCUT2D eigenvalue weighted by Gasteiger charge is 2.16. The Labute approximate surface area is 96.1 Å². The van der Waals surface area contributed by atoms with E-state index in [0.29, 0.717) is 6.42 Å². The lowest BCUT2D eigenvalue weighted by Gasteiger charge is -2.34. The van der Waals surface area contributed by atoms with Crippen LogP contribution in [0.2, 0.25) is 0 Å². The van der Waals surface area contributed by atoms with Crippen molar-refractivity contribution in [1.29, 1.82) is 5.26 Å². The smallest absolute Gasteiger partial charge is 0.128 e. The van der Waals surface area contributed by atoms with E-state index in [1.165, 1.54) is 0 Å². The molecular formula is C12H16N4. The molecule has 0 N–H and O–H groups in total. The first-order valence-corrected chi connectivity index (χ1v) is 5.65. The van der Waals surface area contributed by atoms with Crippen LogP contribution in [0, 0.1) is 11.3 Å². The van der Waals surface area contributed by atoms with E-state index >= 15 is 0 Å². The van der Waals surface area contributed by atoms with Crippen molar-refractivity contribution in [3.05, 3.63) is 24.4 Å². The molecule has 16 heavy (non-hydrogen) atoms. The number of pyridine rings is 1. The fraction of sp³-hybridized carbons (Fsp3) is 0.500. The Hall–Kier alpha value is -1.60. The Morgan fingerprint density at radius 2 is 2.06 bits per heavy atom. The molecule has 4 heteroatoms. The standard InChI is InChI=1S/C12H16N4/c13-5-3-7-15-8-10-16(11-9-15)12-4-1-2-6-14-12/h1-2,4,6H,3,7-11H2. The van der Waals surface area contributed by atoms with Gasteiger partial charge in [-0.3, -0.25) is 4.90 Å². The van der Waals surface area contributed by atoms with Gasteiger partial charge in [0.1, 0.15) is 5.82 Å². The van der Waals surface area contributed by atoms with Crippen molar-refractivity contribution in [2.75, 3.05) is 37.6 Å². The van der Waals surface area contributed by atoms with E-state index < -0.39 is 0 Å². The van der Waals surface area contributed by atoms with Gasteiger partial charge in [-0.25, -0.2) is 4.98 Å². The van der Waals surface area contributed by atoms with Gasteiger partial charge < -0.3 is 4.90 Å². The zero-order valence-corrected chi connectivity index (χ0v) is 9.34. The maximum absolute atomic E-state index is 8.53. The molecule has 0 aliphatic carbocycles. The van der Waals surface area contributed by atoms with Gasteiger partial charge in [-0.2, -0.15) is 5.26 Å². The third-order valence-electron chi connectivity index (χ3n) is 2.89. The fourth-order valence-electron chi connectivity index (χ4n) is 1.95. The molecule has 4 nitrogen and oxygen atoms in total. The minimum absolute atomic E-state index is 0.629. The van der Waals surface area contributed by atoms with Gasteiger partial charge in [-0.15, -0.1) is 0 Å². The van der Waals surface area contributed by atoms with Crippen LogP contribution in [0.25, 0.3) is 0 Å². The average molecular weight is 216 g/mol. The fourth-order valence-corrected chi connectivity index (χ4v) is 1.95. The maximum Gasteiger partial charge on any atom is 0.128 e. The van der Waals surface area contributed by atoms with Gasteiger partial charge in [0, 0.05) is 45.3 Å². The van der Waals surface area contributed by atoms with Crippen LogP contribution in [0.4, 0.5) is 5.82 Å². The average Bonchev–Trinajstić information content (AvgIpc) is 2.38. The molecule has 1 aromatic heterocycles. The first-order valence-electron chi connectivity index (χ1n) is 5.65. The van der Waals surface area contributed by atoms with E-state index in [9.17, 15) is 0 Å². The molecule has 0 amide bonds. The third kappa shape index (κ3) is 2.71. The number of rotatable bonds is 3. The second-order valence-corrected chi connectivity index (χ2v) is 3.92. The summed E-state index contributed by atoms with van der Waals surface area (Å²) in [4.78, 5) is 8.98. The summed E-state index contributed by atoms with van der Waals surface area (Å²) in [6.07, 6.45) is 2.46. The first kappa shape index (κ1) is 10.9. The molecule has 0 atom stereocenters. The lowest BCUT2D eigenvalue weighted by molar-refractivity contribution is 0.263. The molecule has 0 bridgehead atoms. The molecule has 1 aliphatic rings. The lowest BCUT2D eigenvalue weighted by Crippen LogP contribution is -2.46. The van der Waals surface area contributed by atoms with Gasteiger partial charge in [-0.1, -0.05) is 6.07 Å². The number of piperazine rings is 1. The van der Waals surface area contributed by atoms with Crippen LogP contribution in [-0.2, 0) is 0 Å². The summed E-state index contributed by atoms with van der Waals surface area (Å²) in [5, 5.41) is 8.53. The summed E-state index contributed by atoms with van der Waals surface area (Å²) in [6.45, 7) is 4.95. The van der Waals surface area contributed by atoms with E-state index in [1.54, 1.807) is 0 Å². The van der Waals surface area contributed by atoms with E-state index in [-0.39, 0.29) is 0 Å². The van der Waals surface area contributed by atoms with Gasteiger partial charge in [0.25, 0.3) is 0 Å². The molecule has 0 unspecified atom stereocenters. The quantitative estimate of drug-likeness (QED) is 0.759. The second-order valence-electron chi connectivity index (χ2n) is 3.92. The number of anilines is 1. The molecular weight excluding hydrogens is 200 g/mol. The Kier molecular flexibility index (Phi) is 3.73. The minimum Gasteiger partial charge on any atom is -0.354 e. The largest absolute Gasteiger partial charge is 0.354 e. The van der Waals surface area contributed by atoms with Gasteiger partial charge >= 0.3 is 0 Å². The number of nitriles is 1. The van der Waals surface area contributed by atoms with E-state index in [4.69, 9.17) is 5.26 Å². The number of hydrogen-bond acceptors (Lipinski definition) is 4. The third-order valence-corrected chi connectivity index (χ3v) is 2.89. The maximum atomic E-state index is 8.53. The molecule has 0 aromatic carbocycles. The number of aromatic nitrogens is 1. The van der Waals surface area contributed by atoms with Gasteiger partial charge in [-0.05, 0) is 12.1 Å². The Morgan fingerprint density at radius 1 is 1.25 bits per heavy atom. The molecule has 0 saturated carbocycles. The molecule has 84 valence electrons. The molecule has 0 spiro atoms. The summed E-state index contributed by atoms with van der Waals surface area (Å²) >= 11 is 0. The Bertz CT molecular complexity index is 349. The zero-order valence-electron chi connectivity index (χ0n) is 9.34. The molecule has 2 heterocycles. The van der Waals surface area contributed by atoms with E-state index in [2.05, 4.69) is 20.9 Å². The van der Waals surface area contributed by atoms with Gasteiger partial charge in [0.05, 0.1) is 6.07 Å². The minimum atomic E-state index is 0.629. The SMILES string of the molecule is N#CCCN1CCN(c2ccccn2)CC1. The highest BCUT2D eigenvalue weighted by Crippen LogP contribution is 2.12. The predicted molar refractivity (Wildman–Crippen MR) is 63.1 cm³/mol. The van der Waals surface area contributed by atoms with Crippen LogP contribution in [0.15, 0.2) is 24.4 Å². The topological polar surface area (TPSA) is 43.2 Å². The van der Waals surface area contributed by atoms with Crippen molar-refractivity contribution in [3.63, 3.8) is 0 Å². The highest BCUT2D eigenvalue weighted by molar-refractivity contribution is 5.38. The molecule has 0 radical (unpaired) electrons. The molecule has 1 aliphatic heterocycles. The van der Waals surface area contributed by atoms with Crippen LogP contribution in [0.5, 0.6) is 0 Å². The number of hydrogen-bond donors (Lipinski definition) is 0. The highest BCUT2D eigenvalue weighted by atomic mass is 15.3. The zero-order chi connectivity index (χ0) is 11.2. The molecule has 1 saturated heterocycles. The first-order chi connectivity index (χ1) is 7.90. The summed E-state index contributed by atoms with van der Waals surface area (Å²) in [6, 6.07) is 8.19. The second kappa shape index (κ2) is 5.47. The van der Waals surface area contributed by atoms with Crippen LogP contribution < -0.4 is 4.90 Å². The summed E-state index contributed by atoms with van der Waals surface area (Å²) in [7, 11) is 0. The van der Waals surface area contributed by atoms with Crippen molar-refractivity contribution in [3.8, 4) is 6.07 Å². The lowest BCUT2D eigenvalue weighted by atomic mass is 10.3. The van der Waals surface area contributed by atoms with Crippen molar-refractivity contribution in [2.24, 2.45) is 0 Å². The van der Waals surface area contributed by atoms with Gasteiger partial charge in [0.15, 0.2) is 0 Å². The van der Waals surface area contributed by atoms with Crippen LogP contribution >= 0.6 is 0 Å². The monoisotopic (exact) mass is 216 g/mol. The Balaban J connectivity index is 1.84. The van der Waals surface area contributed by atoms with Crippen LogP contribution in [0.1, 0.15) is 6.42 Å². The summed E-state index contributed by atoms with van der Waals surface area (Å²) in [5.74, 6) is 1.06. The molecule has 2 rings (SSSR count).